The van der Waals surface area contributed by atoms with Gasteiger partial charge in [-0.05, 0) is 43.0 Å². The number of carbonyl (C=O) groups is 1. The Morgan fingerprint density at radius 2 is 2.15 bits per heavy atom. The minimum absolute atomic E-state index is 0.205. The van der Waals surface area contributed by atoms with Gasteiger partial charge in [0.25, 0.3) is 5.91 Å². The average Bonchev–Trinajstić information content (AvgIpc) is 3.26. The molecule has 0 spiro atoms. The van der Waals surface area contributed by atoms with Crippen molar-refractivity contribution in [2.75, 3.05) is 6.54 Å². The number of aromatic nitrogens is 4. The van der Waals surface area contributed by atoms with Crippen molar-refractivity contribution in [3.8, 4) is 0 Å². The monoisotopic (exact) mass is 355 g/mol. The Hall–Kier alpha value is -2.74. The molecule has 1 aliphatic carbocycles. The second-order valence-electron chi connectivity index (χ2n) is 7.04. The first-order valence-corrected chi connectivity index (χ1v) is 8.78. The second kappa shape index (κ2) is 5.63. The second-order valence-corrected chi connectivity index (χ2v) is 7.04. The zero-order valence-electron chi connectivity index (χ0n) is 14.0. The van der Waals surface area contributed by atoms with Crippen LogP contribution in [0.25, 0.3) is 11.0 Å². The number of carbonyl (C=O) groups excluding carboxylic acids is 1. The van der Waals surface area contributed by atoms with Crippen LogP contribution in [0.1, 0.15) is 41.0 Å². The smallest absolute Gasteiger partial charge is 0.290 e. The number of halogens is 1. The number of imidazole rings is 1. The van der Waals surface area contributed by atoms with E-state index in [4.69, 9.17) is 0 Å². The molecule has 1 saturated carbocycles. The molecular weight excluding hydrogens is 337 g/mol. The van der Waals surface area contributed by atoms with E-state index in [0.717, 1.165) is 18.5 Å². The molecule has 1 fully saturated rings. The molecule has 1 aliphatic heterocycles. The molecule has 1 amide bonds. The van der Waals surface area contributed by atoms with Crippen molar-refractivity contribution in [3.63, 3.8) is 0 Å². The molecule has 0 saturated heterocycles. The average molecular weight is 355 g/mol. The molecule has 0 bridgehead atoms. The summed E-state index contributed by atoms with van der Waals surface area (Å²) in [6.07, 6.45) is 1.57. The van der Waals surface area contributed by atoms with Gasteiger partial charge in [0.05, 0.1) is 35.5 Å². The molecule has 2 N–H and O–H groups in total. The van der Waals surface area contributed by atoms with E-state index in [9.17, 15) is 14.3 Å². The van der Waals surface area contributed by atoms with Gasteiger partial charge >= 0.3 is 0 Å². The fourth-order valence-corrected chi connectivity index (χ4v) is 3.49. The maximum atomic E-state index is 13.3. The van der Waals surface area contributed by atoms with Gasteiger partial charge in [-0.3, -0.25) is 9.48 Å². The number of hydrogen-bond acceptors (Lipinski definition) is 4. The van der Waals surface area contributed by atoms with Gasteiger partial charge in [-0.2, -0.15) is 5.10 Å². The highest BCUT2D eigenvalue weighted by atomic mass is 19.1. The molecule has 8 heteroatoms. The van der Waals surface area contributed by atoms with Gasteiger partial charge in [0.15, 0.2) is 5.82 Å². The molecule has 2 aromatic heterocycles. The van der Waals surface area contributed by atoms with Gasteiger partial charge in [0.2, 0.25) is 0 Å². The van der Waals surface area contributed by atoms with Crippen LogP contribution in [0.15, 0.2) is 24.3 Å². The van der Waals surface area contributed by atoms with Crippen LogP contribution in [0.5, 0.6) is 0 Å². The van der Waals surface area contributed by atoms with Gasteiger partial charge < -0.3 is 15.0 Å². The van der Waals surface area contributed by atoms with E-state index in [1.807, 2.05) is 10.7 Å². The molecule has 7 nitrogen and oxygen atoms in total. The molecule has 3 heterocycles. The van der Waals surface area contributed by atoms with Crippen LogP contribution in [0, 0.1) is 11.7 Å². The van der Waals surface area contributed by atoms with Crippen LogP contribution < -0.4 is 0 Å². The molecule has 26 heavy (non-hydrogen) atoms. The highest BCUT2D eigenvalue weighted by Crippen LogP contribution is 2.40. The van der Waals surface area contributed by atoms with Crippen LogP contribution in [-0.4, -0.2) is 42.2 Å². The highest BCUT2D eigenvalue weighted by molar-refractivity contribution is 5.94. The fourth-order valence-electron chi connectivity index (χ4n) is 3.49. The molecular formula is C18H18FN5O2. The Morgan fingerprint density at radius 3 is 2.96 bits per heavy atom. The van der Waals surface area contributed by atoms with Crippen LogP contribution >= 0.6 is 0 Å². The molecule has 0 unspecified atom stereocenters. The lowest BCUT2D eigenvalue weighted by Crippen LogP contribution is -2.38. The van der Waals surface area contributed by atoms with E-state index in [1.54, 1.807) is 11.0 Å². The minimum Gasteiger partial charge on any atom is -0.386 e. The number of fused-ring (bicyclic) bond motifs is 2. The number of nitrogens with one attached hydrogen (secondary N) is 1. The molecule has 2 aliphatic rings. The van der Waals surface area contributed by atoms with Crippen LogP contribution in [0.4, 0.5) is 4.39 Å². The number of aliphatic hydroxyl groups excluding tert-OH is 1. The van der Waals surface area contributed by atoms with Crippen molar-refractivity contribution in [1.82, 2.24) is 24.6 Å². The lowest BCUT2D eigenvalue weighted by Gasteiger charge is -2.26. The van der Waals surface area contributed by atoms with E-state index in [0.29, 0.717) is 42.3 Å². The van der Waals surface area contributed by atoms with Gasteiger partial charge in [-0.1, -0.05) is 0 Å². The molecule has 0 radical (unpaired) electrons. The van der Waals surface area contributed by atoms with Crippen LogP contribution in [-0.2, 0) is 13.1 Å². The number of amides is 1. The van der Waals surface area contributed by atoms with Gasteiger partial charge in [0.1, 0.15) is 11.9 Å². The summed E-state index contributed by atoms with van der Waals surface area (Å²) < 4.78 is 15.2. The first-order valence-electron chi connectivity index (χ1n) is 8.78. The van der Waals surface area contributed by atoms with E-state index in [1.165, 1.54) is 12.1 Å². The SMILES string of the molecule is O=C(c1nc2ccc(F)cc2[nH]1)N1CCn2nc([C@H](O)C3CC3)cc2C1. The summed E-state index contributed by atoms with van der Waals surface area (Å²) in [6.45, 7) is 1.50. The largest absolute Gasteiger partial charge is 0.386 e. The summed E-state index contributed by atoms with van der Waals surface area (Å²) in [5.74, 6) is -0.0699. The zero-order chi connectivity index (χ0) is 17.8. The Bertz CT molecular complexity index is 1010. The van der Waals surface area contributed by atoms with Crippen molar-refractivity contribution in [2.24, 2.45) is 5.92 Å². The fraction of sp³-hybridized carbons (Fsp3) is 0.389. The zero-order valence-corrected chi connectivity index (χ0v) is 14.0. The third-order valence-corrected chi connectivity index (χ3v) is 5.12. The van der Waals surface area contributed by atoms with E-state index >= 15 is 0 Å². The lowest BCUT2D eigenvalue weighted by molar-refractivity contribution is 0.0694. The van der Waals surface area contributed by atoms with Crippen molar-refractivity contribution >= 4 is 16.9 Å². The number of aromatic amines is 1. The van der Waals surface area contributed by atoms with Crippen LogP contribution in [0.3, 0.4) is 0 Å². The Labute approximate surface area is 148 Å². The van der Waals surface area contributed by atoms with Gasteiger partial charge in [-0.25, -0.2) is 9.37 Å². The summed E-state index contributed by atoms with van der Waals surface area (Å²) in [7, 11) is 0. The summed E-state index contributed by atoms with van der Waals surface area (Å²) in [4.78, 5) is 21.6. The first kappa shape index (κ1) is 15.5. The number of aliphatic hydroxyl groups is 1. The molecule has 1 aromatic carbocycles. The number of H-pyrrole nitrogens is 1. The van der Waals surface area contributed by atoms with Gasteiger partial charge in [-0.15, -0.1) is 0 Å². The number of benzene rings is 1. The standard InChI is InChI=1S/C18H18FN5O2/c19-11-3-4-13-14(7-11)21-17(20-13)18(26)23-5-6-24-12(9-23)8-15(22-24)16(25)10-1-2-10/h3-4,7-8,10,16,25H,1-2,5-6,9H2,(H,20,21)/t16-/m1/s1. The summed E-state index contributed by atoms with van der Waals surface area (Å²) >= 11 is 0. The summed E-state index contributed by atoms with van der Waals surface area (Å²) in [5, 5.41) is 14.8. The van der Waals surface area contributed by atoms with Gasteiger partial charge in [0, 0.05) is 6.54 Å². The quantitative estimate of drug-likeness (QED) is 0.752. The molecule has 3 aromatic rings. The molecule has 1 atom stereocenters. The highest BCUT2D eigenvalue weighted by Gasteiger charge is 2.34. The maximum absolute atomic E-state index is 13.3. The maximum Gasteiger partial charge on any atom is 0.290 e. The third-order valence-electron chi connectivity index (χ3n) is 5.12. The van der Waals surface area contributed by atoms with Crippen molar-refractivity contribution in [1.29, 1.82) is 0 Å². The van der Waals surface area contributed by atoms with E-state index in [-0.39, 0.29) is 17.5 Å². The van der Waals surface area contributed by atoms with E-state index < -0.39 is 6.10 Å². The normalized spacial score (nSPS) is 18.2. The summed E-state index contributed by atoms with van der Waals surface area (Å²) in [6, 6.07) is 6.09. The van der Waals surface area contributed by atoms with Crippen LogP contribution in [0.2, 0.25) is 0 Å². The Balaban J connectivity index is 1.38. The Morgan fingerprint density at radius 1 is 1.31 bits per heavy atom. The third kappa shape index (κ3) is 2.57. The molecule has 5 rings (SSSR count). The number of nitrogens with zero attached hydrogens (tertiary/aromatic N) is 4. The predicted octanol–water partition coefficient (Wildman–Crippen LogP) is 2.00. The first-order chi connectivity index (χ1) is 12.6. The van der Waals surface area contributed by atoms with Crippen molar-refractivity contribution in [2.45, 2.75) is 32.0 Å². The number of hydrogen-bond donors (Lipinski definition) is 2. The minimum atomic E-state index is -0.512. The Kier molecular flexibility index (Phi) is 3.36. The van der Waals surface area contributed by atoms with Crippen molar-refractivity contribution in [3.05, 3.63) is 47.3 Å². The summed E-state index contributed by atoms with van der Waals surface area (Å²) in [5.41, 5.74) is 2.66. The lowest BCUT2D eigenvalue weighted by atomic mass is 10.1. The topological polar surface area (TPSA) is 87.0 Å². The number of rotatable bonds is 3. The predicted molar refractivity (Wildman–Crippen MR) is 90.7 cm³/mol. The molecule has 134 valence electrons. The van der Waals surface area contributed by atoms with E-state index in [2.05, 4.69) is 15.1 Å². The van der Waals surface area contributed by atoms with Crippen molar-refractivity contribution < 1.29 is 14.3 Å².